The molecule has 3 heteroatoms. The van der Waals surface area contributed by atoms with Crippen LogP contribution >= 0.6 is 0 Å². The first-order valence-corrected chi connectivity index (χ1v) is 7.10. The maximum Gasteiger partial charge on any atom is 0.131 e. The quantitative estimate of drug-likeness (QED) is 0.628. The molecule has 0 bridgehead atoms. The number of ether oxygens (including phenoxy) is 1. The highest BCUT2D eigenvalue weighted by Gasteiger charge is 2.14. The lowest BCUT2D eigenvalue weighted by Crippen LogP contribution is -1.92. The number of nitrogens with zero attached hydrogens (tertiary/aromatic N) is 1. The molecule has 112 valence electrons. The molecule has 0 saturated carbocycles. The lowest BCUT2D eigenvalue weighted by atomic mass is 9.92. The molecular formula is C20H14FNO. The van der Waals surface area contributed by atoms with Gasteiger partial charge >= 0.3 is 0 Å². The summed E-state index contributed by atoms with van der Waals surface area (Å²) in [5.41, 5.74) is 2.24. The van der Waals surface area contributed by atoms with Gasteiger partial charge in [0.05, 0.1) is 18.7 Å². The smallest absolute Gasteiger partial charge is 0.131 e. The molecule has 0 aromatic heterocycles. The third-order valence-electron chi connectivity index (χ3n) is 3.85. The summed E-state index contributed by atoms with van der Waals surface area (Å²) in [5, 5.41) is 11.2. The van der Waals surface area contributed by atoms with E-state index in [-0.39, 0.29) is 5.82 Å². The van der Waals surface area contributed by atoms with Crippen LogP contribution in [0.15, 0.2) is 61.2 Å². The van der Waals surface area contributed by atoms with Crippen LogP contribution in [0.3, 0.4) is 0 Å². The van der Waals surface area contributed by atoms with Gasteiger partial charge in [0.25, 0.3) is 0 Å². The standard InChI is InChI=1S/C20H14FNO/c1-13(23-2)15-9-7-14-8-10-16(12-22)20(18(14)11-15)17-5-3-4-6-19(17)21/h3-11H,1H2,2H3. The number of hydrogen-bond acceptors (Lipinski definition) is 2. The molecule has 0 saturated heterocycles. The fourth-order valence-electron chi connectivity index (χ4n) is 2.66. The van der Waals surface area contributed by atoms with Gasteiger partial charge in [0.2, 0.25) is 0 Å². The van der Waals surface area contributed by atoms with Gasteiger partial charge in [0.1, 0.15) is 11.6 Å². The molecule has 0 unspecified atom stereocenters. The van der Waals surface area contributed by atoms with Gasteiger partial charge in [-0.1, -0.05) is 43.0 Å². The number of halogens is 1. The monoisotopic (exact) mass is 303 g/mol. The lowest BCUT2D eigenvalue weighted by molar-refractivity contribution is 0.371. The predicted molar refractivity (Wildman–Crippen MR) is 90.1 cm³/mol. The second kappa shape index (κ2) is 5.94. The minimum atomic E-state index is -0.354. The van der Waals surface area contributed by atoms with Crippen LogP contribution in [0.4, 0.5) is 4.39 Å². The molecule has 0 aliphatic carbocycles. The van der Waals surface area contributed by atoms with Gasteiger partial charge in [-0.15, -0.1) is 0 Å². The van der Waals surface area contributed by atoms with Crippen LogP contribution in [0.25, 0.3) is 27.7 Å². The Bertz CT molecular complexity index is 954. The molecule has 0 atom stereocenters. The lowest BCUT2D eigenvalue weighted by Gasteiger charge is -2.12. The molecule has 0 aliphatic heterocycles. The van der Waals surface area contributed by atoms with Gasteiger partial charge in [0.15, 0.2) is 0 Å². The van der Waals surface area contributed by atoms with Crippen molar-refractivity contribution in [1.82, 2.24) is 0 Å². The van der Waals surface area contributed by atoms with Gasteiger partial charge < -0.3 is 4.74 Å². The maximum atomic E-state index is 14.3. The Hall–Kier alpha value is -3.12. The second-order valence-corrected chi connectivity index (χ2v) is 5.14. The van der Waals surface area contributed by atoms with Gasteiger partial charge in [0, 0.05) is 16.7 Å². The zero-order valence-electron chi connectivity index (χ0n) is 12.6. The molecule has 2 nitrogen and oxygen atoms in total. The zero-order valence-corrected chi connectivity index (χ0v) is 12.6. The summed E-state index contributed by atoms with van der Waals surface area (Å²) in [6.07, 6.45) is 0. The fraction of sp³-hybridized carbons (Fsp3) is 0.0500. The third-order valence-corrected chi connectivity index (χ3v) is 3.85. The molecule has 23 heavy (non-hydrogen) atoms. The van der Waals surface area contributed by atoms with Crippen molar-refractivity contribution in [3.05, 3.63) is 78.1 Å². The van der Waals surface area contributed by atoms with Crippen molar-refractivity contribution >= 4 is 16.5 Å². The van der Waals surface area contributed by atoms with E-state index in [0.29, 0.717) is 22.4 Å². The van der Waals surface area contributed by atoms with E-state index in [0.717, 1.165) is 16.3 Å². The summed E-state index contributed by atoms with van der Waals surface area (Å²) >= 11 is 0. The van der Waals surface area contributed by atoms with E-state index < -0.39 is 0 Å². The highest BCUT2D eigenvalue weighted by Crippen LogP contribution is 2.35. The third kappa shape index (κ3) is 2.56. The molecule has 0 amide bonds. The molecule has 3 rings (SSSR count). The van der Waals surface area contributed by atoms with Gasteiger partial charge in [-0.2, -0.15) is 5.26 Å². The Morgan fingerprint density at radius 1 is 1.13 bits per heavy atom. The van der Waals surface area contributed by atoms with Crippen molar-refractivity contribution in [1.29, 1.82) is 5.26 Å². The van der Waals surface area contributed by atoms with E-state index in [1.807, 2.05) is 24.3 Å². The summed E-state index contributed by atoms with van der Waals surface area (Å²) in [5.74, 6) is 0.168. The van der Waals surface area contributed by atoms with E-state index in [9.17, 15) is 9.65 Å². The molecule has 3 aromatic rings. The summed E-state index contributed by atoms with van der Waals surface area (Å²) in [4.78, 5) is 0. The zero-order chi connectivity index (χ0) is 16.4. The average molecular weight is 303 g/mol. The van der Waals surface area contributed by atoms with Crippen molar-refractivity contribution < 1.29 is 9.13 Å². The van der Waals surface area contributed by atoms with Crippen LogP contribution in [-0.2, 0) is 4.74 Å². The predicted octanol–water partition coefficient (Wildman–Crippen LogP) is 5.13. The SMILES string of the molecule is C=C(OC)c1ccc2ccc(C#N)c(-c3ccccc3F)c2c1. The largest absolute Gasteiger partial charge is 0.497 e. The molecule has 3 aromatic carbocycles. The van der Waals surface area contributed by atoms with Gasteiger partial charge in [-0.25, -0.2) is 4.39 Å². The molecule has 0 aliphatic rings. The Balaban J connectivity index is 2.40. The van der Waals surface area contributed by atoms with Crippen LogP contribution < -0.4 is 0 Å². The summed E-state index contributed by atoms with van der Waals surface area (Å²) in [7, 11) is 1.55. The van der Waals surface area contributed by atoms with Crippen molar-refractivity contribution in [3.8, 4) is 17.2 Å². The van der Waals surface area contributed by atoms with Gasteiger partial charge in [-0.05, 0) is 29.0 Å². The second-order valence-electron chi connectivity index (χ2n) is 5.14. The highest BCUT2D eigenvalue weighted by molar-refractivity contribution is 6.00. The Labute approximate surface area is 134 Å². The Kier molecular flexibility index (Phi) is 3.82. The average Bonchev–Trinajstić information content (AvgIpc) is 2.60. The van der Waals surface area contributed by atoms with Crippen LogP contribution in [0.2, 0.25) is 0 Å². The Morgan fingerprint density at radius 3 is 2.57 bits per heavy atom. The topological polar surface area (TPSA) is 33.0 Å². The van der Waals surface area contributed by atoms with E-state index in [4.69, 9.17) is 4.74 Å². The van der Waals surface area contributed by atoms with Gasteiger partial charge in [-0.3, -0.25) is 0 Å². The first-order chi connectivity index (χ1) is 11.2. The number of nitriles is 1. The fourth-order valence-corrected chi connectivity index (χ4v) is 2.66. The van der Waals surface area contributed by atoms with Crippen molar-refractivity contribution in [2.45, 2.75) is 0 Å². The molecule has 0 heterocycles. The number of fused-ring (bicyclic) bond motifs is 1. The number of benzene rings is 3. The van der Waals surface area contributed by atoms with Crippen molar-refractivity contribution in [2.75, 3.05) is 7.11 Å². The summed E-state index contributed by atoms with van der Waals surface area (Å²) in [6, 6.07) is 17.9. The molecule has 0 radical (unpaired) electrons. The normalized spacial score (nSPS) is 10.3. The van der Waals surface area contributed by atoms with Crippen LogP contribution in [0.1, 0.15) is 11.1 Å². The van der Waals surface area contributed by atoms with Crippen LogP contribution in [0, 0.1) is 17.1 Å². The van der Waals surface area contributed by atoms with E-state index in [1.54, 1.807) is 31.4 Å². The van der Waals surface area contributed by atoms with Crippen molar-refractivity contribution in [2.24, 2.45) is 0 Å². The number of hydrogen-bond donors (Lipinski definition) is 0. The number of methoxy groups -OCH3 is 1. The Morgan fingerprint density at radius 2 is 1.87 bits per heavy atom. The van der Waals surface area contributed by atoms with Crippen LogP contribution in [0.5, 0.6) is 0 Å². The first-order valence-electron chi connectivity index (χ1n) is 7.10. The molecule has 0 fully saturated rings. The molecular weight excluding hydrogens is 289 g/mol. The minimum Gasteiger partial charge on any atom is -0.497 e. The summed E-state index contributed by atoms with van der Waals surface area (Å²) < 4.78 is 19.5. The van der Waals surface area contributed by atoms with Crippen molar-refractivity contribution in [3.63, 3.8) is 0 Å². The van der Waals surface area contributed by atoms with E-state index in [2.05, 4.69) is 12.6 Å². The maximum absolute atomic E-state index is 14.3. The molecule has 0 spiro atoms. The number of rotatable bonds is 3. The summed E-state index contributed by atoms with van der Waals surface area (Å²) in [6.45, 7) is 3.85. The first kappa shape index (κ1) is 14.8. The van der Waals surface area contributed by atoms with E-state index >= 15 is 0 Å². The highest BCUT2D eigenvalue weighted by atomic mass is 19.1. The molecule has 0 N–H and O–H groups in total. The minimum absolute atomic E-state index is 0.354. The van der Waals surface area contributed by atoms with Crippen LogP contribution in [-0.4, -0.2) is 7.11 Å². The van der Waals surface area contributed by atoms with E-state index in [1.165, 1.54) is 6.07 Å².